The molecule has 0 amide bonds. The highest BCUT2D eigenvalue weighted by atomic mass is 79.9. The Hall–Kier alpha value is -1.33. The third-order valence-electron chi connectivity index (χ3n) is 2.19. The van der Waals surface area contributed by atoms with Crippen molar-refractivity contribution in [3.05, 3.63) is 47.0 Å². The SMILES string of the molecule is Brc1cccc(OCCNCc2ncc[nH]2)c1. The number of H-pyrrole nitrogens is 1. The van der Waals surface area contributed by atoms with E-state index in [0.29, 0.717) is 6.61 Å². The third kappa shape index (κ3) is 4.20. The summed E-state index contributed by atoms with van der Waals surface area (Å²) >= 11 is 3.40. The number of rotatable bonds is 6. The molecule has 90 valence electrons. The Morgan fingerprint density at radius 1 is 1.41 bits per heavy atom. The largest absolute Gasteiger partial charge is 0.492 e. The van der Waals surface area contributed by atoms with Gasteiger partial charge in [-0.25, -0.2) is 4.98 Å². The number of imidazole rings is 1. The van der Waals surface area contributed by atoms with Crippen molar-refractivity contribution in [3.63, 3.8) is 0 Å². The molecular weight excluding hydrogens is 282 g/mol. The first-order valence-electron chi connectivity index (χ1n) is 5.42. The highest BCUT2D eigenvalue weighted by Gasteiger charge is 1.96. The monoisotopic (exact) mass is 295 g/mol. The molecule has 0 saturated heterocycles. The second-order valence-corrected chi connectivity index (χ2v) is 4.43. The number of nitrogens with one attached hydrogen (secondary N) is 2. The van der Waals surface area contributed by atoms with Crippen molar-refractivity contribution in [2.45, 2.75) is 6.54 Å². The maximum absolute atomic E-state index is 5.58. The van der Waals surface area contributed by atoms with Crippen molar-refractivity contribution in [2.24, 2.45) is 0 Å². The Balaban J connectivity index is 1.63. The summed E-state index contributed by atoms with van der Waals surface area (Å²) in [6.45, 7) is 2.15. The van der Waals surface area contributed by atoms with E-state index in [-0.39, 0.29) is 0 Å². The molecule has 0 radical (unpaired) electrons. The number of benzene rings is 1. The van der Waals surface area contributed by atoms with E-state index in [9.17, 15) is 0 Å². The van der Waals surface area contributed by atoms with Crippen LogP contribution in [0.5, 0.6) is 5.75 Å². The first kappa shape index (κ1) is 12.1. The highest BCUT2D eigenvalue weighted by Crippen LogP contribution is 2.17. The predicted molar refractivity (Wildman–Crippen MR) is 69.9 cm³/mol. The van der Waals surface area contributed by atoms with E-state index < -0.39 is 0 Å². The number of hydrogen-bond donors (Lipinski definition) is 2. The fourth-order valence-electron chi connectivity index (χ4n) is 1.40. The number of ether oxygens (including phenoxy) is 1. The molecule has 1 aromatic heterocycles. The number of aromatic nitrogens is 2. The molecule has 5 heteroatoms. The van der Waals surface area contributed by atoms with E-state index in [4.69, 9.17) is 4.74 Å². The van der Waals surface area contributed by atoms with Gasteiger partial charge in [-0.1, -0.05) is 22.0 Å². The van der Waals surface area contributed by atoms with Crippen LogP contribution in [0, 0.1) is 0 Å². The van der Waals surface area contributed by atoms with Crippen molar-refractivity contribution in [2.75, 3.05) is 13.2 Å². The van der Waals surface area contributed by atoms with E-state index in [2.05, 4.69) is 31.2 Å². The molecule has 0 atom stereocenters. The van der Waals surface area contributed by atoms with Crippen LogP contribution in [0.4, 0.5) is 0 Å². The number of hydrogen-bond acceptors (Lipinski definition) is 3. The Labute approximate surface area is 109 Å². The second kappa shape index (κ2) is 6.42. The van der Waals surface area contributed by atoms with E-state index in [0.717, 1.165) is 29.1 Å². The summed E-state index contributed by atoms with van der Waals surface area (Å²) < 4.78 is 6.61. The lowest BCUT2D eigenvalue weighted by Crippen LogP contribution is -2.21. The van der Waals surface area contributed by atoms with Gasteiger partial charge in [0.1, 0.15) is 18.2 Å². The van der Waals surface area contributed by atoms with Crippen LogP contribution in [-0.2, 0) is 6.54 Å². The lowest BCUT2D eigenvalue weighted by molar-refractivity contribution is 0.313. The quantitative estimate of drug-likeness (QED) is 0.804. The smallest absolute Gasteiger partial charge is 0.120 e. The third-order valence-corrected chi connectivity index (χ3v) is 2.68. The fourth-order valence-corrected chi connectivity index (χ4v) is 1.78. The molecule has 0 saturated carbocycles. The summed E-state index contributed by atoms with van der Waals surface area (Å²) in [5.74, 6) is 1.81. The van der Waals surface area contributed by atoms with E-state index in [1.165, 1.54) is 0 Å². The molecule has 0 aliphatic heterocycles. The molecule has 0 bridgehead atoms. The van der Waals surface area contributed by atoms with E-state index >= 15 is 0 Å². The van der Waals surface area contributed by atoms with Crippen LogP contribution >= 0.6 is 15.9 Å². The maximum atomic E-state index is 5.58. The van der Waals surface area contributed by atoms with Gasteiger partial charge >= 0.3 is 0 Å². The normalized spacial score (nSPS) is 10.4. The maximum Gasteiger partial charge on any atom is 0.120 e. The van der Waals surface area contributed by atoms with Gasteiger partial charge in [0.2, 0.25) is 0 Å². The molecule has 2 rings (SSSR count). The Morgan fingerprint density at radius 3 is 3.12 bits per heavy atom. The van der Waals surface area contributed by atoms with Crippen molar-refractivity contribution >= 4 is 15.9 Å². The van der Waals surface area contributed by atoms with Gasteiger partial charge in [-0.3, -0.25) is 0 Å². The molecule has 4 nitrogen and oxygen atoms in total. The molecule has 17 heavy (non-hydrogen) atoms. The predicted octanol–water partition coefficient (Wildman–Crippen LogP) is 2.34. The average Bonchev–Trinajstić information content (AvgIpc) is 2.82. The van der Waals surface area contributed by atoms with Crippen molar-refractivity contribution in [1.82, 2.24) is 15.3 Å². The van der Waals surface area contributed by atoms with Crippen LogP contribution in [0.2, 0.25) is 0 Å². The van der Waals surface area contributed by atoms with Crippen LogP contribution < -0.4 is 10.1 Å². The van der Waals surface area contributed by atoms with Gasteiger partial charge in [-0.15, -0.1) is 0 Å². The van der Waals surface area contributed by atoms with Gasteiger partial charge in [0, 0.05) is 23.4 Å². The molecule has 0 fully saturated rings. The first-order chi connectivity index (χ1) is 8.34. The minimum Gasteiger partial charge on any atom is -0.492 e. The summed E-state index contributed by atoms with van der Waals surface area (Å²) in [6, 6.07) is 7.82. The molecule has 0 aliphatic carbocycles. The summed E-state index contributed by atoms with van der Waals surface area (Å²) in [6.07, 6.45) is 3.56. The molecular formula is C12H14BrN3O. The number of halogens is 1. The van der Waals surface area contributed by atoms with Gasteiger partial charge in [0.05, 0.1) is 6.54 Å². The summed E-state index contributed by atoms with van der Waals surface area (Å²) in [4.78, 5) is 7.15. The molecule has 0 spiro atoms. The molecule has 1 heterocycles. The Bertz CT molecular complexity index is 445. The summed E-state index contributed by atoms with van der Waals surface area (Å²) in [5.41, 5.74) is 0. The fraction of sp³-hybridized carbons (Fsp3) is 0.250. The standard InChI is InChI=1S/C12H14BrN3O/c13-10-2-1-3-11(8-10)17-7-6-14-9-12-15-4-5-16-12/h1-5,8,14H,6-7,9H2,(H,15,16). The number of nitrogens with zero attached hydrogens (tertiary/aromatic N) is 1. The van der Waals surface area contributed by atoms with Crippen molar-refractivity contribution < 1.29 is 4.74 Å². The second-order valence-electron chi connectivity index (χ2n) is 3.52. The van der Waals surface area contributed by atoms with Gasteiger partial charge in [0.25, 0.3) is 0 Å². The number of aromatic amines is 1. The highest BCUT2D eigenvalue weighted by molar-refractivity contribution is 9.10. The summed E-state index contributed by atoms with van der Waals surface area (Å²) in [5, 5.41) is 3.24. The molecule has 2 N–H and O–H groups in total. The van der Waals surface area contributed by atoms with Gasteiger partial charge in [0.15, 0.2) is 0 Å². The minimum absolute atomic E-state index is 0.636. The molecule has 0 aliphatic rings. The van der Waals surface area contributed by atoms with E-state index in [1.807, 2.05) is 30.5 Å². The Morgan fingerprint density at radius 2 is 2.35 bits per heavy atom. The van der Waals surface area contributed by atoms with Crippen LogP contribution in [0.25, 0.3) is 0 Å². The van der Waals surface area contributed by atoms with Gasteiger partial charge < -0.3 is 15.0 Å². The van der Waals surface area contributed by atoms with Crippen LogP contribution in [0.3, 0.4) is 0 Å². The average molecular weight is 296 g/mol. The Kier molecular flexibility index (Phi) is 4.58. The van der Waals surface area contributed by atoms with Crippen molar-refractivity contribution in [1.29, 1.82) is 0 Å². The van der Waals surface area contributed by atoms with Gasteiger partial charge in [-0.05, 0) is 18.2 Å². The zero-order valence-electron chi connectivity index (χ0n) is 9.32. The molecule has 1 aromatic carbocycles. The van der Waals surface area contributed by atoms with E-state index in [1.54, 1.807) is 6.20 Å². The topological polar surface area (TPSA) is 49.9 Å². The van der Waals surface area contributed by atoms with Crippen LogP contribution in [0.1, 0.15) is 5.82 Å². The zero-order chi connectivity index (χ0) is 11.9. The van der Waals surface area contributed by atoms with Crippen molar-refractivity contribution in [3.8, 4) is 5.75 Å². The van der Waals surface area contributed by atoms with Gasteiger partial charge in [-0.2, -0.15) is 0 Å². The zero-order valence-corrected chi connectivity index (χ0v) is 10.9. The molecule has 2 aromatic rings. The lowest BCUT2D eigenvalue weighted by atomic mass is 10.3. The lowest BCUT2D eigenvalue weighted by Gasteiger charge is -2.06. The van der Waals surface area contributed by atoms with Crippen LogP contribution in [-0.4, -0.2) is 23.1 Å². The first-order valence-corrected chi connectivity index (χ1v) is 6.21. The van der Waals surface area contributed by atoms with Crippen LogP contribution in [0.15, 0.2) is 41.1 Å². The molecule has 0 unspecified atom stereocenters. The minimum atomic E-state index is 0.636. The summed E-state index contributed by atoms with van der Waals surface area (Å²) in [7, 11) is 0.